The van der Waals surface area contributed by atoms with Gasteiger partial charge in [-0.2, -0.15) is 0 Å². The Balaban J connectivity index is 2.11. The fourth-order valence-electron chi connectivity index (χ4n) is 1.80. The molecule has 0 aliphatic carbocycles. The molecule has 0 saturated carbocycles. The summed E-state index contributed by atoms with van der Waals surface area (Å²) >= 11 is 6.10. The van der Waals surface area contributed by atoms with Crippen LogP contribution in [0.5, 0.6) is 0 Å². The van der Waals surface area contributed by atoms with Gasteiger partial charge in [0.15, 0.2) is 0 Å². The number of benzene rings is 1. The minimum atomic E-state index is 0.544. The van der Waals surface area contributed by atoms with Gasteiger partial charge in [-0.1, -0.05) is 55.3 Å². The lowest BCUT2D eigenvalue weighted by molar-refractivity contribution is 0.897. The summed E-state index contributed by atoms with van der Waals surface area (Å²) in [5.41, 5.74) is 2.22. The summed E-state index contributed by atoms with van der Waals surface area (Å²) in [6.45, 7) is 2.86. The molecule has 18 heavy (non-hydrogen) atoms. The molecule has 0 aliphatic rings. The van der Waals surface area contributed by atoms with Crippen molar-refractivity contribution in [2.24, 2.45) is 0 Å². The molecule has 1 heterocycles. The van der Waals surface area contributed by atoms with E-state index >= 15 is 0 Å². The lowest BCUT2D eigenvalue weighted by Crippen LogP contribution is -2.06. The molecule has 0 aliphatic heterocycles. The van der Waals surface area contributed by atoms with Crippen LogP contribution in [0.1, 0.15) is 24.5 Å². The Morgan fingerprint density at radius 2 is 1.94 bits per heavy atom. The van der Waals surface area contributed by atoms with Gasteiger partial charge in [0.2, 0.25) is 0 Å². The van der Waals surface area contributed by atoms with Gasteiger partial charge in [0.05, 0.1) is 0 Å². The summed E-state index contributed by atoms with van der Waals surface area (Å²) in [5, 5.41) is 3.86. The minimum absolute atomic E-state index is 0.544. The zero-order valence-electron chi connectivity index (χ0n) is 10.4. The fraction of sp³-hybridized carbons (Fsp3) is 0.286. The van der Waals surface area contributed by atoms with Crippen LogP contribution in [-0.4, -0.2) is 9.97 Å². The van der Waals surface area contributed by atoms with E-state index in [1.807, 2.05) is 18.2 Å². The standard InChI is InChI=1S/C14H16ClN3/c1-2-6-12-13(15)17-10-18-14(12)16-9-11-7-4-3-5-8-11/h3-5,7-8,10H,2,6,9H2,1H3,(H,16,17,18). The molecule has 2 aromatic rings. The Bertz CT molecular complexity index is 500. The molecule has 3 nitrogen and oxygen atoms in total. The van der Waals surface area contributed by atoms with Gasteiger partial charge in [-0.15, -0.1) is 0 Å². The average Bonchev–Trinajstić information content (AvgIpc) is 2.41. The lowest BCUT2D eigenvalue weighted by atomic mass is 10.1. The highest BCUT2D eigenvalue weighted by atomic mass is 35.5. The molecule has 0 spiro atoms. The normalized spacial score (nSPS) is 10.3. The summed E-state index contributed by atoms with van der Waals surface area (Å²) < 4.78 is 0. The SMILES string of the molecule is CCCc1c(Cl)ncnc1NCc1ccccc1. The second kappa shape index (κ2) is 6.36. The van der Waals surface area contributed by atoms with Crippen LogP contribution < -0.4 is 5.32 Å². The van der Waals surface area contributed by atoms with Crippen LogP contribution in [0.4, 0.5) is 5.82 Å². The highest BCUT2D eigenvalue weighted by molar-refractivity contribution is 6.30. The first-order valence-electron chi connectivity index (χ1n) is 6.08. The zero-order chi connectivity index (χ0) is 12.8. The van der Waals surface area contributed by atoms with E-state index in [2.05, 4.69) is 34.3 Å². The Labute approximate surface area is 112 Å². The lowest BCUT2D eigenvalue weighted by Gasteiger charge is -2.11. The highest BCUT2D eigenvalue weighted by Gasteiger charge is 2.08. The van der Waals surface area contributed by atoms with Gasteiger partial charge in [0, 0.05) is 12.1 Å². The minimum Gasteiger partial charge on any atom is -0.366 e. The molecule has 94 valence electrons. The number of nitrogens with one attached hydrogen (secondary N) is 1. The fourth-order valence-corrected chi connectivity index (χ4v) is 2.02. The predicted octanol–water partition coefficient (Wildman–Crippen LogP) is 3.69. The summed E-state index contributed by atoms with van der Waals surface area (Å²) in [6.07, 6.45) is 3.40. The molecular formula is C14H16ClN3. The van der Waals surface area contributed by atoms with E-state index in [4.69, 9.17) is 11.6 Å². The van der Waals surface area contributed by atoms with Gasteiger partial charge in [-0.05, 0) is 12.0 Å². The Kier molecular flexibility index (Phi) is 4.53. The second-order valence-corrected chi connectivity index (χ2v) is 4.44. The monoisotopic (exact) mass is 261 g/mol. The number of hydrogen-bond acceptors (Lipinski definition) is 3. The molecule has 1 N–H and O–H groups in total. The molecule has 0 saturated heterocycles. The molecule has 4 heteroatoms. The number of rotatable bonds is 5. The van der Waals surface area contributed by atoms with Crippen LogP contribution in [0.3, 0.4) is 0 Å². The van der Waals surface area contributed by atoms with Crippen LogP contribution >= 0.6 is 11.6 Å². The Morgan fingerprint density at radius 3 is 2.67 bits per heavy atom. The molecule has 2 rings (SSSR count). The van der Waals surface area contributed by atoms with Gasteiger partial charge < -0.3 is 5.32 Å². The number of halogens is 1. The largest absolute Gasteiger partial charge is 0.366 e. The third-order valence-corrected chi connectivity index (χ3v) is 3.02. The highest BCUT2D eigenvalue weighted by Crippen LogP contribution is 2.21. The second-order valence-electron chi connectivity index (χ2n) is 4.08. The summed E-state index contributed by atoms with van der Waals surface area (Å²) in [6, 6.07) is 10.2. The topological polar surface area (TPSA) is 37.8 Å². The van der Waals surface area contributed by atoms with Gasteiger partial charge in [0.25, 0.3) is 0 Å². The number of aromatic nitrogens is 2. The molecule has 1 aromatic carbocycles. The maximum absolute atomic E-state index is 6.10. The Morgan fingerprint density at radius 1 is 1.17 bits per heavy atom. The zero-order valence-corrected chi connectivity index (χ0v) is 11.1. The van der Waals surface area contributed by atoms with E-state index in [1.165, 1.54) is 11.9 Å². The van der Waals surface area contributed by atoms with Gasteiger partial charge in [-0.3, -0.25) is 0 Å². The van der Waals surface area contributed by atoms with Crippen molar-refractivity contribution in [3.63, 3.8) is 0 Å². The number of hydrogen-bond donors (Lipinski definition) is 1. The summed E-state index contributed by atoms with van der Waals surface area (Å²) in [7, 11) is 0. The van der Waals surface area contributed by atoms with Crippen LogP contribution in [-0.2, 0) is 13.0 Å². The molecule has 1 aromatic heterocycles. The van der Waals surface area contributed by atoms with Crippen molar-refractivity contribution in [1.82, 2.24) is 9.97 Å². The van der Waals surface area contributed by atoms with E-state index in [1.54, 1.807) is 0 Å². The van der Waals surface area contributed by atoms with E-state index in [0.29, 0.717) is 5.15 Å². The van der Waals surface area contributed by atoms with Crippen molar-refractivity contribution in [3.05, 3.63) is 52.9 Å². The molecule has 0 bridgehead atoms. The molecular weight excluding hydrogens is 246 g/mol. The average molecular weight is 262 g/mol. The predicted molar refractivity (Wildman–Crippen MR) is 74.8 cm³/mol. The van der Waals surface area contributed by atoms with Gasteiger partial charge >= 0.3 is 0 Å². The van der Waals surface area contributed by atoms with Crippen LogP contribution in [0.25, 0.3) is 0 Å². The molecule has 0 radical (unpaired) electrons. The molecule has 0 atom stereocenters. The maximum atomic E-state index is 6.10. The van der Waals surface area contributed by atoms with E-state index in [9.17, 15) is 0 Å². The van der Waals surface area contributed by atoms with E-state index < -0.39 is 0 Å². The van der Waals surface area contributed by atoms with Gasteiger partial charge in [0.1, 0.15) is 17.3 Å². The maximum Gasteiger partial charge on any atom is 0.137 e. The van der Waals surface area contributed by atoms with Gasteiger partial charge in [-0.25, -0.2) is 9.97 Å². The Hall–Kier alpha value is -1.61. The third-order valence-electron chi connectivity index (χ3n) is 2.70. The van der Waals surface area contributed by atoms with Crippen molar-refractivity contribution in [3.8, 4) is 0 Å². The van der Waals surface area contributed by atoms with Crippen molar-refractivity contribution in [2.75, 3.05) is 5.32 Å². The van der Waals surface area contributed by atoms with Crippen LogP contribution in [0, 0.1) is 0 Å². The van der Waals surface area contributed by atoms with Crippen LogP contribution in [0.15, 0.2) is 36.7 Å². The third kappa shape index (κ3) is 3.20. The summed E-state index contributed by atoms with van der Waals surface area (Å²) in [5.74, 6) is 0.834. The van der Waals surface area contributed by atoms with Crippen molar-refractivity contribution in [1.29, 1.82) is 0 Å². The van der Waals surface area contributed by atoms with Crippen molar-refractivity contribution < 1.29 is 0 Å². The first-order chi connectivity index (χ1) is 8.81. The first kappa shape index (κ1) is 12.8. The molecule has 0 amide bonds. The summed E-state index contributed by atoms with van der Waals surface area (Å²) in [4.78, 5) is 8.29. The number of anilines is 1. The first-order valence-corrected chi connectivity index (χ1v) is 6.46. The van der Waals surface area contributed by atoms with Crippen LogP contribution in [0.2, 0.25) is 5.15 Å². The quantitative estimate of drug-likeness (QED) is 0.834. The van der Waals surface area contributed by atoms with Crippen molar-refractivity contribution in [2.45, 2.75) is 26.3 Å². The smallest absolute Gasteiger partial charge is 0.137 e. The van der Waals surface area contributed by atoms with Crippen molar-refractivity contribution >= 4 is 17.4 Å². The molecule has 0 unspecified atom stereocenters. The van der Waals surface area contributed by atoms with E-state index in [-0.39, 0.29) is 0 Å². The number of nitrogens with zero attached hydrogens (tertiary/aromatic N) is 2. The molecule has 0 fully saturated rings. The van der Waals surface area contributed by atoms with E-state index in [0.717, 1.165) is 30.8 Å².